The smallest absolute Gasteiger partial charge is 0.382 e. The third kappa shape index (κ3) is 2.64. The van der Waals surface area contributed by atoms with Gasteiger partial charge in [0.15, 0.2) is 5.82 Å². The van der Waals surface area contributed by atoms with Crippen LogP contribution in [0.3, 0.4) is 0 Å². The van der Waals surface area contributed by atoms with Crippen molar-refractivity contribution in [1.29, 1.82) is 0 Å². The number of halogens is 4. The Balaban J connectivity index is 2.24. The number of nitrogens with two attached hydrogens (primary N) is 1. The number of aromatic nitrogens is 2. The molecule has 0 unspecified atom stereocenters. The number of rotatable bonds is 1. The van der Waals surface area contributed by atoms with E-state index in [1.165, 1.54) is 12.1 Å². The number of nitrogen functional groups attached to an aromatic ring is 1. The predicted molar refractivity (Wildman–Crippen MR) is 82.1 cm³/mol. The van der Waals surface area contributed by atoms with Crippen molar-refractivity contribution < 1.29 is 13.2 Å². The molecule has 22 heavy (non-hydrogen) atoms. The van der Waals surface area contributed by atoms with Gasteiger partial charge in [0.1, 0.15) is 11.2 Å². The van der Waals surface area contributed by atoms with Gasteiger partial charge in [-0.2, -0.15) is 13.2 Å². The fourth-order valence-corrected chi connectivity index (χ4v) is 2.40. The minimum atomic E-state index is -4.50. The molecule has 0 aliphatic rings. The van der Waals surface area contributed by atoms with Gasteiger partial charge in [0.2, 0.25) is 0 Å². The van der Waals surface area contributed by atoms with Crippen LogP contribution in [0.1, 0.15) is 5.56 Å². The van der Waals surface area contributed by atoms with E-state index >= 15 is 0 Å². The molecule has 112 valence electrons. The van der Waals surface area contributed by atoms with E-state index in [2.05, 4.69) is 25.9 Å². The van der Waals surface area contributed by atoms with Crippen LogP contribution in [0.15, 0.2) is 46.9 Å². The van der Waals surface area contributed by atoms with Crippen LogP contribution in [0, 0.1) is 0 Å². The molecule has 0 saturated carbocycles. The SMILES string of the molecule is Nc1nc2c(C(F)(F)F)cccc2nc1-c1ccc(Br)cc1. The van der Waals surface area contributed by atoms with Crippen LogP contribution in [-0.4, -0.2) is 9.97 Å². The van der Waals surface area contributed by atoms with Gasteiger partial charge in [-0.3, -0.25) is 0 Å². The number of benzene rings is 2. The van der Waals surface area contributed by atoms with Gasteiger partial charge in [0.05, 0.1) is 11.1 Å². The van der Waals surface area contributed by atoms with E-state index in [0.717, 1.165) is 10.5 Å². The molecule has 1 heterocycles. The van der Waals surface area contributed by atoms with Crippen molar-refractivity contribution in [2.24, 2.45) is 0 Å². The van der Waals surface area contributed by atoms with Crippen LogP contribution in [0.5, 0.6) is 0 Å². The van der Waals surface area contributed by atoms with E-state index in [1.54, 1.807) is 24.3 Å². The van der Waals surface area contributed by atoms with Gasteiger partial charge in [-0.05, 0) is 24.3 Å². The zero-order valence-electron chi connectivity index (χ0n) is 11.0. The summed E-state index contributed by atoms with van der Waals surface area (Å²) in [7, 11) is 0. The number of hydrogen-bond donors (Lipinski definition) is 1. The van der Waals surface area contributed by atoms with Crippen LogP contribution in [0.25, 0.3) is 22.3 Å². The average molecular weight is 368 g/mol. The van der Waals surface area contributed by atoms with Gasteiger partial charge in [-0.1, -0.05) is 34.1 Å². The summed E-state index contributed by atoms with van der Waals surface area (Å²) in [5.41, 5.74) is 5.94. The maximum Gasteiger partial charge on any atom is 0.418 e. The van der Waals surface area contributed by atoms with Crippen molar-refractivity contribution in [1.82, 2.24) is 9.97 Å². The number of para-hydroxylation sites is 1. The van der Waals surface area contributed by atoms with Crippen LogP contribution in [-0.2, 0) is 6.18 Å². The Bertz CT molecular complexity index is 845. The molecule has 2 aromatic carbocycles. The highest BCUT2D eigenvalue weighted by Gasteiger charge is 2.33. The highest BCUT2D eigenvalue weighted by molar-refractivity contribution is 9.10. The molecule has 0 radical (unpaired) electrons. The number of nitrogens with zero attached hydrogens (tertiary/aromatic N) is 2. The summed E-state index contributed by atoms with van der Waals surface area (Å²) in [5, 5.41) is 0. The summed E-state index contributed by atoms with van der Waals surface area (Å²) in [5.74, 6) is -0.0356. The lowest BCUT2D eigenvalue weighted by Gasteiger charge is -2.11. The topological polar surface area (TPSA) is 51.8 Å². The lowest BCUT2D eigenvalue weighted by atomic mass is 10.1. The summed E-state index contributed by atoms with van der Waals surface area (Å²) in [6, 6.07) is 10.9. The van der Waals surface area contributed by atoms with Crippen molar-refractivity contribution in [2.45, 2.75) is 6.18 Å². The molecular weight excluding hydrogens is 359 g/mol. The first-order valence-electron chi connectivity index (χ1n) is 6.25. The Hall–Kier alpha value is -2.15. The molecule has 0 atom stereocenters. The molecule has 0 aliphatic heterocycles. The van der Waals surface area contributed by atoms with E-state index in [4.69, 9.17) is 5.73 Å². The second-order valence-corrected chi connectivity index (χ2v) is 5.55. The highest BCUT2D eigenvalue weighted by Crippen LogP contribution is 2.35. The van der Waals surface area contributed by atoms with E-state index in [1.807, 2.05) is 0 Å². The molecule has 0 aliphatic carbocycles. The summed E-state index contributed by atoms with van der Waals surface area (Å²) in [6.07, 6.45) is -4.50. The molecule has 3 nitrogen and oxygen atoms in total. The Kier molecular flexibility index (Phi) is 3.52. The van der Waals surface area contributed by atoms with Crippen molar-refractivity contribution >= 4 is 32.8 Å². The molecule has 0 fully saturated rings. The fourth-order valence-electron chi connectivity index (χ4n) is 2.14. The van der Waals surface area contributed by atoms with Gasteiger partial charge in [0, 0.05) is 10.0 Å². The Morgan fingerprint density at radius 3 is 2.27 bits per heavy atom. The third-order valence-corrected chi connectivity index (χ3v) is 3.67. The highest BCUT2D eigenvalue weighted by atomic mass is 79.9. The van der Waals surface area contributed by atoms with Gasteiger partial charge in [-0.15, -0.1) is 0 Å². The van der Waals surface area contributed by atoms with Crippen molar-refractivity contribution in [3.63, 3.8) is 0 Å². The van der Waals surface area contributed by atoms with Crippen LogP contribution >= 0.6 is 15.9 Å². The second-order valence-electron chi connectivity index (χ2n) is 4.64. The molecule has 7 heteroatoms. The lowest BCUT2D eigenvalue weighted by Crippen LogP contribution is -2.08. The molecule has 3 aromatic rings. The predicted octanol–water partition coefficient (Wildman–Crippen LogP) is 4.66. The van der Waals surface area contributed by atoms with E-state index < -0.39 is 11.7 Å². The molecule has 2 N–H and O–H groups in total. The molecule has 0 spiro atoms. The zero-order chi connectivity index (χ0) is 15.9. The number of fused-ring (bicyclic) bond motifs is 1. The summed E-state index contributed by atoms with van der Waals surface area (Å²) in [4.78, 5) is 8.17. The molecular formula is C15H9BrF3N3. The normalized spacial score (nSPS) is 11.8. The van der Waals surface area contributed by atoms with Gasteiger partial charge < -0.3 is 5.73 Å². The minimum absolute atomic E-state index is 0.0356. The second kappa shape index (κ2) is 5.24. The van der Waals surface area contributed by atoms with Crippen molar-refractivity contribution in [3.05, 3.63) is 52.5 Å². The Morgan fingerprint density at radius 2 is 1.64 bits per heavy atom. The first-order chi connectivity index (χ1) is 10.4. The standard InChI is InChI=1S/C15H9BrF3N3/c16-9-6-4-8(5-7-9)12-14(20)22-13-10(15(17,18)19)2-1-3-11(13)21-12/h1-7H,(H2,20,22). The monoisotopic (exact) mass is 367 g/mol. The number of hydrogen-bond acceptors (Lipinski definition) is 3. The molecule has 0 saturated heterocycles. The lowest BCUT2D eigenvalue weighted by molar-refractivity contribution is -0.136. The summed E-state index contributed by atoms with van der Waals surface area (Å²) >= 11 is 3.32. The van der Waals surface area contributed by atoms with Gasteiger partial charge in [0.25, 0.3) is 0 Å². The first kappa shape index (κ1) is 14.8. The maximum absolute atomic E-state index is 13.0. The minimum Gasteiger partial charge on any atom is -0.382 e. The summed E-state index contributed by atoms with van der Waals surface area (Å²) < 4.78 is 39.9. The molecule has 0 bridgehead atoms. The maximum atomic E-state index is 13.0. The molecule has 1 aromatic heterocycles. The first-order valence-corrected chi connectivity index (χ1v) is 7.05. The van der Waals surface area contributed by atoms with E-state index in [0.29, 0.717) is 11.3 Å². The van der Waals surface area contributed by atoms with E-state index in [-0.39, 0.29) is 16.9 Å². The summed E-state index contributed by atoms with van der Waals surface area (Å²) in [6.45, 7) is 0. The van der Waals surface area contributed by atoms with Gasteiger partial charge >= 0.3 is 6.18 Å². The van der Waals surface area contributed by atoms with Crippen LogP contribution < -0.4 is 5.73 Å². The average Bonchev–Trinajstić information content (AvgIpc) is 2.46. The van der Waals surface area contributed by atoms with Crippen LogP contribution in [0.4, 0.5) is 19.0 Å². The van der Waals surface area contributed by atoms with Crippen molar-refractivity contribution in [2.75, 3.05) is 5.73 Å². The largest absolute Gasteiger partial charge is 0.418 e. The molecule has 3 rings (SSSR count). The van der Waals surface area contributed by atoms with E-state index in [9.17, 15) is 13.2 Å². The number of anilines is 1. The van der Waals surface area contributed by atoms with Crippen molar-refractivity contribution in [3.8, 4) is 11.3 Å². The quantitative estimate of drug-likeness (QED) is 0.680. The molecule has 0 amide bonds. The van der Waals surface area contributed by atoms with Crippen LogP contribution in [0.2, 0.25) is 0 Å². The fraction of sp³-hybridized carbons (Fsp3) is 0.0667. The Morgan fingerprint density at radius 1 is 0.955 bits per heavy atom. The van der Waals surface area contributed by atoms with Gasteiger partial charge in [-0.25, -0.2) is 9.97 Å². The Labute approximate surface area is 132 Å². The third-order valence-electron chi connectivity index (χ3n) is 3.14. The number of alkyl halides is 3. The zero-order valence-corrected chi connectivity index (χ0v) is 12.6.